The molecule has 0 aliphatic carbocycles. The summed E-state index contributed by atoms with van der Waals surface area (Å²) in [5.74, 6) is -0.835. The molecule has 0 saturated heterocycles. The van der Waals surface area contributed by atoms with Crippen molar-refractivity contribution < 1.29 is 14.3 Å². The molecule has 0 radical (unpaired) electrons. The first kappa shape index (κ1) is 16.2. The smallest absolute Gasteiger partial charge is 0.338 e. The molecule has 2 aromatic carbocycles. The predicted molar refractivity (Wildman–Crippen MR) is 87.5 cm³/mol. The van der Waals surface area contributed by atoms with E-state index < -0.39 is 5.97 Å². The summed E-state index contributed by atoms with van der Waals surface area (Å²) >= 11 is 3.37. The number of benzene rings is 2. The van der Waals surface area contributed by atoms with E-state index in [4.69, 9.17) is 4.74 Å². The molecule has 4 nitrogen and oxygen atoms in total. The maximum atomic E-state index is 11.8. The third-order valence-electron chi connectivity index (χ3n) is 3.00. The standard InChI is InChI=1S/C17H16BrNO3/c1-12-5-7-14(8-6-12)17(21)22-11-16(20)19-10-13-3-2-4-15(18)9-13/h2-9H,10-11H2,1H3,(H,19,20). The van der Waals surface area contributed by atoms with Crippen LogP contribution in [0, 0.1) is 6.92 Å². The molecule has 0 spiro atoms. The fraction of sp³-hybridized carbons (Fsp3) is 0.176. The van der Waals surface area contributed by atoms with Crippen LogP contribution in [0.25, 0.3) is 0 Å². The molecule has 0 aromatic heterocycles. The van der Waals surface area contributed by atoms with Crippen molar-refractivity contribution in [2.45, 2.75) is 13.5 Å². The van der Waals surface area contributed by atoms with E-state index >= 15 is 0 Å². The van der Waals surface area contributed by atoms with Gasteiger partial charge in [0.2, 0.25) is 0 Å². The first-order valence-electron chi connectivity index (χ1n) is 6.79. The van der Waals surface area contributed by atoms with E-state index in [9.17, 15) is 9.59 Å². The van der Waals surface area contributed by atoms with Crippen molar-refractivity contribution in [3.63, 3.8) is 0 Å². The second-order valence-electron chi connectivity index (χ2n) is 4.85. The second kappa shape index (κ2) is 7.75. The maximum absolute atomic E-state index is 11.8. The van der Waals surface area contributed by atoms with Crippen LogP contribution in [-0.4, -0.2) is 18.5 Å². The van der Waals surface area contributed by atoms with Crippen LogP contribution in [0.4, 0.5) is 0 Å². The Kier molecular flexibility index (Phi) is 5.72. The lowest BCUT2D eigenvalue weighted by molar-refractivity contribution is -0.124. The highest BCUT2D eigenvalue weighted by molar-refractivity contribution is 9.10. The predicted octanol–water partition coefficient (Wildman–Crippen LogP) is 3.23. The van der Waals surface area contributed by atoms with Crippen molar-refractivity contribution in [1.82, 2.24) is 5.32 Å². The van der Waals surface area contributed by atoms with Crippen molar-refractivity contribution in [1.29, 1.82) is 0 Å². The van der Waals surface area contributed by atoms with Gasteiger partial charge in [0.05, 0.1) is 5.56 Å². The van der Waals surface area contributed by atoms with Crippen LogP contribution in [0.3, 0.4) is 0 Å². The van der Waals surface area contributed by atoms with E-state index in [0.717, 1.165) is 15.6 Å². The summed E-state index contributed by atoms with van der Waals surface area (Å²) in [5, 5.41) is 2.71. The van der Waals surface area contributed by atoms with Crippen molar-refractivity contribution in [2.24, 2.45) is 0 Å². The molecule has 5 heteroatoms. The number of halogens is 1. The Hall–Kier alpha value is -2.14. The van der Waals surface area contributed by atoms with E-state index in [2.05, 4.69) is 21.2 Å². The molecular weight excluding hydrogens is 346 g/mol. The number of hydrogen-bond acceptors (Lipinski definition) is 3. The fourth-order valence-electron chi connectivity index (χ4n) is 1.80. The Morgan fingerprint density at radius 1 is 1.14 bits per heavy atom. The largest absolute Gasteiger partial charge is 0.452 e. The Bertz CT molecular complexity index is 668. The molecule has 0 heterocycles. The van der Waals surface area contributed by atoms with Crippen LogP contribution in [0.15, 0.2) is 53.0 Å². The van der Waals surface area contributed by atoms with Crippen molar-refractivity contribution in [3.8, 4) is 0 Å². The van der Waals surface area contributed by atoms with Gasteiger partial charge in [0.15, 0.2) is 6.61 Å². The van der Waals surface area contributed by atoms with Gasteiger partial charge in [0.1, 0.15) is 0 Å². The number of carbonyl (C=O) groups is 2. The molecule has 0 atom stereocenters. The average Bonchev–Trinajstić information content (AvgIpc) is 2.51. The van der Waals surface area contributed by atoms with Crippen LogP contribution < -0.4 is 5.32 Å². The number of esters is 1. The van der Waals surface area contributed by atoms with E-state index in [1.165, 1.54) is 0 Å². The molecule has 2 aromatic rings. The summed E-state index contributed by atoms with van der Waals surface area (Å²) in [4.78, 5) is 23.5. The summed E-state index contributed by atoms with van der Waals surface area (Å²) in [6, 6.07) is 14.6. The Morgan fingerprint density at radius 3 is 2.55 bits per heavy atom. The van der Waals surface area contributed by atoms with Gasteiger partial charge in [-0.15, -0.1) is 0 Å². The topological polar surface area (TPSA) is 55.4 Å². The quantitative estimate of drug-likeness (QED) is 0.831. The molecule has 1 amide bonds. The first-order chi connectivity index (χ1) is 10.5. The lowest BCUT2D eigenvalue weighted by atomic mass is 10.1. The van der Waals surface area contributed by atoms with E-state index in [1.54, 1.807) is 12.1 Å². The number of carbonyl (C=O) groups excluding carboxylic acids is 2. The van der Waals surface area contributed by atoms with Gasteiger partial charge in [-0.05, 0) is 36.8 Å². The van der Waals surface area contributed by atoms with Gasteiger partial charge in [-0.1, -0.05) is 45.8 Å². The third-order valence-corrected chi connectivity index (χ3v) is 3.49. The summed E-state index contributed by atoms with van der Waals surface area (Å²) in [7, 11) is 0. The number of ether oxygens (including phenoxy) is 1. The molecule has 0 fully saturated rings. The number of hydrogen-bond donors (Lipinski definition) is 1. The van der Waals surface area contributed by atoms with E-state index in [0.29, 0.717) is 12.1 Å². The molecular formula is C17H16BrNO3. The molecule has 22 heavy (non-hydrogen) atoms. The fourth-order valence-corrected chi connectivity index (χ4v) is 2.25. The lowest BCUT2D eigenvalue weighted by Crippen LogP contribution is -2.28. The molecule has 0 aliphatic rings. The van der Waals surface area contributed by atoms with Gasteiger partial charge >= 0.3 is 5.97 Å². The monoisotopic (exact) mass is 361 g/mol. The van der Waals surface area contributed by atoms with Crippen molar-refractivity contribution in [3.05, 3.63) is 69.7 Å². The number of aryl methyl sites for hydroxylation is 1. The molecule has 0 unspecified atom stereocenters. The number of rotatable bonds is 5. The Morgan fingerprint density at radius 2 is 1.86 bits per heavy atom. The third kappa shape index (κ3) is 5.00. The number of nitrogens with one attached hydrogen (secondary N) is 1. The normalized spacial score (nSPS) is 10.1. The summed E-state index contributed by atoms with van der Waals surface area (Å²) < 4.78 is 5.93. The molecule has 0 bridgehead atoms. The minimum Gasteiger partial charge on any atom is -0.452 e. The summed E-state index contributed by atoms with van der Waals surface area (Å²) in [6.07, 6.45) is 0. The zero-order valence-corrected chi connectivity index (χ0v) is 13.7. The van der Waals surface area contributed by atoms with Gasteiger partial charge in [-0.2, -0.15) is 0 Å². The zero-order chi connectivity index (χ0) is 15.9. The molecule has 0 aliphatic heterocycles. The number of amides is 1. The van der Waals surface area contributed by atoms with Gasteiger partial charge in [-0.25, -0.2) is 4.79 Å². The van der Waals surface area contributed by atoms with E-state index in [-0.39, 0.29) is 12.5 Å². The highest BCUT2D eigenvalue weighted by Gasteiger charge is 2.09. The van der Waals surface area contributed by atoms with Crippen LogP contribution >= 0.6 is 15.9 Å². The zero-order valence-electron chi connectivity index (χ0n) is 12.1. The summed E-state index contributed by atoms with van der Waals surface area (Å²) in [5.41, 5.74) is 2.46. The molecule has 114 valence electrons. The van der Waals surface area contributed by atoms with Gasteiger partial charge in [0, 0.05) is 11.0 Å². The summed E-state index contributed by atoms with van der Waals surface area (Å²) in [6.45, 7) is 2.03. The first-order valence-corrected chi connectivity index (χ1v) is 7.59. The van der Waals surface area contributed by atoms with Gasteiger partial charge < -0.3 is 10.1 Å². The van der Waals surface area contributed by atoms with Crippen molar-refractivity contribution in [2.75, 3.05) is 6.61 Å². The highest BCUT2D eigenvalue weighted by Crippen LogP contribution is 2.11. The van der Waals surface area contributed by atoms with Crippen LogP contribution in [-0.2, 0) is 16.1 Å². The Balaban J connectivity index is 1.78. The lowest BCUT2D eigenvalue weighted by Gasteiger charge is -2.07. The van der Waals surface area contributed by atoms with Gasteiger partial charge in [0.25, 0.3) is 5.91 Å². The highest BCUT2D eigenvalue weighted by atomic mass is 79.9. The molecule has 0 saturated carbocycles. The SMILES string of the molecule is Cc1ccc(C(=O)OCC(=O)NCc2cccc(Br)c2)cc1. The average molecular weight is 362 g/mol. The Labute approximate surface area is 137 Å². The maximum Gasteiger partial charge on any atom is 0.338 e. The van der Waals surface area contributed by atoms with E-state index in [1.807, 2.05) is 43.3 Å². The minimum absolute atomic E-state index is 0.291. The van der Waals surface area contributed by atoms with Crippen molar-refractivity contribution >= 4 is 27.8 Å². The van der Waals surface area contributed by atoms with Crippen LogP contribution in [0.2, 0.25) is 0 Å². The van der Waals surface area contributed by atoms with Crippen LogP contribution in [0.1, 0.15) is 21.5 Å². The van der Waals surface area contributed by atoms with Gasteiger partial charge in [-0.3, -0.25) is 4.79 Å². The molecule has 2 rings (SSSR count). The minimum atomic E-state index is -0.502. The van der Waals surface area contributed by atoms with Crippen LogP contribution in [0.5, 0.6) is 0 Å². The second-order valence-corrected chi connectivity index (χ2v) is 5.76. The molecule has 1 N–H and O–H groups in total.